The van der Waals surface area contributed by atoms with Crippen LogP contribution < -0.4 is 16.4 Å². The third kappa shape index (κ3) is 4.11. The van der Waals surface area contributed by atoms with E-state index in [1.165, 1.54) is 24.3 Å². The van der Waals surface area contributed by atoms with E-state index in [1.54, 1.807) is 13.8 Å². The first-order valence-corrected chi connectivity index (χ1v) is 8.99. The van der Waals surface area contributed by atoms with Crippen molar-refractivity contribution in [2.45, 2.75) is 24.3 Å². The average Bonchev–Trinajstić information content (AvgIpc) is 2.54. The van der Waals surface area contributed by atoms with Gasteiger partial charge >= 0.3 is 0 Å². The molecule has 0 saturated carbocycles. The second-order valence-corrected chi connectivity index (χ2v) is 8.20. The van der Waals surface area contributed by atoms with Crippen LogP contribution in [0.5, 0.6) is 0 Å². The lowest BCUT2D eigenvalue weighted by Crippen LogP contribution is -2.50. The number of nitrogens with two attached hydrogens (primary N) is 1. The molecule has 0 aliphatic carbocycles. The summed E-state index contributed by atoms with van der Waals surface area (Å²) in [5, 5.41) is 5.33. The SMILES string of the molecule is CC(C)(CN)NC(=O)c1cccc(S(=O)(=O)N2CCNC(=O)C2)c1. The molecule has 9 heteroatoms. The molecular formula is C15H22N4O4S. The summed E-state index contributed by atoms with van der Waals surface area (Å²) >= 11 is 0. The molecule has 4 N–H and O–H groups in total. The molecule has 1 aromatic rings. The number of amides is 2. The molecule has 1 fully saturated rings. The van der Waals surface area contributed by atoms with E-state index in [1.807, 2.05) is 0 Å². The number of nitrogens with one attached hydrogen (secondary N) is 2. The van der Waals surface area contributed by atoms with Gasteiger partial charge in [0.1, 0.15) is 0 Å². The van der Waals surface area contributed by atoms with Crippen molar-refractivity contribution in [2.24, 2.45) is 5.73 Å². The van der Waals surface area contributed by atoms with E-state index in [4.69, 9.17) is 5.73 Å². The predicted molar refractivity (Wildman–Crippen MR) is 88.8 cm³/mol. The smallest absolute Gasteiger partial charge is 0.251 e. The molecule has 1 aliphatic rings. The molecule has 0 spiro atoms. The van der Waals surface area contributed by atoms with Crippen LogP contribution >= 0.6 is 0 Å². The van der Waals surface area contributed by atoms with Gasteiger partial charge in [-0.1, -0.05) is 6.07 Å². The van der Waals surface area contributed by atoms with Crippen LogP contribution in [0.3, 0.4) is 0 Å². The summed E-state index contributed by atoms with van der Waals surface area (Å²) in [5.41, 5.74) is 5.21. The Labute approximate surface area is 141 Å². The summed E-state index contributed by atoms with van der Waals surface area (Å²) in [6, 6.07) is 5.75. The molecule has 1 saturated heterocycles. The summed E-state index contributed by atoms with van der Waals surface area (Å²) in [7, 11) is -3.83. The number of carbonyl (C=O) groups is 2. The van der Waals surface area contributed by atoms with Gasteiger partial charge < -0.3 is 16.4 Å². The number of benzene rings is 1. The number of hydrogen-bond acceptors (Lipinski definition) is 5. The van der Waals surface area contributed by atoms with Crippen LogP contribution in [0, 0.1) is 0 Å². The molecule has 1 heterocycles. The first-order valence-electron chi connectivity index (χ1n) is 7.55. The van der Waals surface area contributed by atoms with Crippen LogP contribution in [0.15, 0.2) is 29.2 Å². The van der Waals surface area contributed by atoms with Crippen molar-refractivity contribution in [1.82, 2.24) is 14.9 Å². The van der Waals surface area contributed by atoms with Crippen molar-refractivity contribution < 1.29 is 18.0 Å². The second kappa shape index (κ2) is 6.88. The Bertz CT molecular complexity index is 746. The highest BCUT2D eigenvalue weighted by Crippen LogP contribution is 2.18. The first-order chi connectivity index (χ1) is 11.2. The minimum atomic E-state index is -3.83. The normalized spacial score (nSPS) is 16.5. The zero-order valence-electron chi connectivity index (χ0n) is 13.7. The Morgan fingerprint density at radius 1 is 1.42 bits per heavy atom. The summed E-state index contributed by atoms with van der Waals surface area (Å²) in [6.45, 7) is 4.04. The minimum absolute atomic E-state index is 0.0181. The lowest BCUT2D eigenvalue weighted by Gasteiger charge is -2.26. The van der Waals surface area contributed by atoms with Gasteiger partial charge in [-0.3, -0.25) is 9.59 Å². The van der Waals surface area contributed by atoms with E-state index in [9.17, 15) is 18.0 Å². The molecule has 1 aromatic carbocycles. The van der Waals surface area contributed by atoms with Crippen LogP contribution in [0.4, 0.5) is 0 Å². The third-order valence-corrected chi connectivity index (χ3v) is 5.54. The van der Waals surface area contributed by atoms with Gasteiger partial charge in [0, 0.05) is 30.7 Å². The maximum atomic E-state index is 12.6. The molecular weight excluding hydrogens is 332 g/mol. The van der Waals surface area contributed by atoms with Gasteiger partial charge in [0.2, 0.25) is 15.9 Å². The van der Waals surface area contributed by atoms with E-state index in [2.05, 4.69) is 10.6 Å². The Kier molecular flexibility index (Phi) is 5.26. The van der Waals surface area contributed by atoms with E-state index in [-0.39, 0.29) is 42.5 Å². The molecule has 0 radical (unpaired) electrons. The zero-order chi connectivity index (χ0) is 18.0. The molecule has 0 bridgehead atoms. The zero-order valence-corrected chi connectivity index (χ0v) is 14.5. The Morgan fingerprint density at radius 2 is 2.12 bits per heavy atom. The van der Waals surface area contributed by atoms with Gasteiger partial charge in [0.15, 0.2) is 0 Å². The van der Waals surface area contributed by atoms with E-state index in [0.29, 0.717) is 0 Å². The van der Waals surface area contributed by atoms with E-state index in [0.717, 1.165) is 4.31 Å². The van der Waals surface area contributed by atoms with Gasteiger partial charge in [0.05, 0.1) is 11.4 Å². The van der Waals surface area contributed by atoms with Crippen LogP contribution in [-0.4, -0.2) is 56.3 Å². The Balaban J connectivity index is 2.26. The van der Waals surface area contributed by atoms with Crippen LogP contribution in [0.1, 0.15) is 24.2 Å². The highest BCUT2D eigenvalue weighted by atomic mass is 32.2. The lowest BCUT2D eigenvalue weighted by atomic mass is 10.1. The number of rotatable bonds is 5. The van der Waals surface area contributed by atoms with Gasteiger partial charge in [-0.15, -0.1) is 0 Å². The quantitative estimate of drug-likeness (QED) is 0.644. The number of hydrogen-bond donors (Lipinski definition) is 3. The van der Waals surface area contributed by atoms with Gasteiger partial charge in [-0.05, 0) is 32.0 Å². The molecule has 2 amide bonds. The summed E-state index contributed by atoms with van der Waals surface area (Å²) in [4.78, 5) is 23.7. The topological polar surface area (TPSA) is 122 Å². The molecule has 0 aromatic heterocycles. The highest BCUT2D eigenvalue weighted by molar-refractivity contribution is 7.89. The fourth-order valence-electron chi connectivity index (χ4n) is 2.20. The molecule has 0 atom stereocenters. The van der Waals surface area contributed by atoms with E-state index >= 15 is 0 Å². The molecule has 1 aliphatic heterocycles. The molecule has 8 nitrogen and oxygen atoms in total. The molecule has 0 unspecified atom stereocenters. The van der Waals surface area contributed by atoms with Crippen molar-refractivity contribution >= 4 is 21.8 Å². The largest absolute Gasteiger partial charge is 0.354 e. The van der Waals surface area contributed by atoms with Crippen LogP contribution in [0.2, 0.25) is 0 Å². The molecule has 2 rings (SSSR count). The third-order valence-electron chi connectivity index (χ3n) is 3.70. The average molecular weight is 354 g/mol. The van der Waals surface area contributed by atoms with Crippen LogP contribution in [-0.2, 0) is 14.8 Å². The number of piperazine rings is 1. The van der Waals surface area contributed by atoms with Crippen LogP contribution in [0.25, 0.3) is 0 Å². The molecule has 24 heavy (non-hydrogen) atoms. The first kappa shape index (κ1) is 18.4. The minimum Gasteiger partial charge on any atom is -0.354 e. The maximum Gasteiger partial charge on any atom is 0.251 e. The number of sulfonamides is 1. The standard InChI is InChI=1S/C15H22N4O4S/c1-15(2,10-16)18-14(21)11-4-3-5-12(8-11)24(22,23)19-7-6-17-13(20)9-19/h3-5,8H,6-7,9-10,16H2,1-2H3,(H,17,20)(H,18,21). The van der Waals surface area contributed by atoms with Crippen molar-refractivity contribution in [3.63, 3.8) is 0 Å². The van der Waals surface area contributed by atoms with Crippen molar-refractivity contribution in [1.29, 1.82) is 0 Å². The second-order valence-electron chi connectivity index (χ2n) is 6.26. The fraction of sp³-hybridized carbons (Fsp3) is 0.467. The lowest BCUT2D eigenvalue weighted by molar-refractivity contribution is -0.122. The number of nitrogens with zero attached hydrogens (tertiary/aromatic N) is 1. The van der Waals surface area contributed by atoms with Crippen molar-refractivity contribution in [3.05, 3.63) is 29.8 Å². The fourth-order valence-corrected chi connectivity index (χ4v) is 3.64. The maximum absolute atomic E-state index is 12.6. The summed E-state index contributed by atoms with van der Waals surface area (Å²) in [6.07, 6.45) is 0. The highest BCUT2D eigenvalue weighted by Gasteiger charge is 2.29. The monoisotopic (exact) mass is 354 g/mol. The Hall–Kier alpha value is -1.97. The van der Waals surface area contributed by atoms with Gasteiger partial charge in [-0.25, -0.2) is 8.42 Å². The molecule has 132 valence electrons. The summed E-state index contributed by atoms with van der Waals surface area (Å²) in [5.74, 6) is -0.748. The van der Waals surface area contributed by atoms with Gasteiger partial charge in [-0.2, -0.15) is 4.31 Å². The Morgan fingerprint density at radius 3 is 2.75 bits per heavy atom. The van der Waals surface area contributed by atoms with E-state index < -0.39 is 21.5 Å². The van der Waals surface area contributed by atoms with Crippen molar-refractivity contribution in [3.8, 4) is 0 Å². The van der Waals surface area contributed by atoms with Crippen molar-refractivity contribution in [2.75, 3.05) is 26.2 Å². The summed E-state index contributed by atoms with van der Waals surface area (Å²) < 4.78 is 26.4. The predicted octanol–water partition coefficient (Wildman–Crippen LogP) is -0.726. The number of carbonyl (C=O) groups excluding carboxylic acids is 2. The van der Waals surface area contributed by atoms with Gasteiger partial charge in [0.25, 0.3) is 5.91 Å².